The van der Waals surface area contributed by atoms with Crippen molar-refractivity contribution in [2.45, 2.75) is 13.1 Å². The monoisotopic (exact) mass is 460 g/mol. The van der Waals surface area contributed by atoms with Crippen molar-refractivity contribution in [3.63, 3.8) is 0 Å². The maximum absolute atomic E-state index is 13.0. The first-order valence-corrected chi connectivity index (χ1v) is 10.2. The molecule has 0 radical (unpaired) electrons. The quantitative estimate of drug-likeness (QED) is 0.402. The predicted molar refractivity (Wildman–Crippen MR) is 113 cm³/mol. The summed E-state index contributed by atoms with van der Waals surface area (Å²) in [4.78, 5) is 35.9. The molecule has 0 saturated carbocycles. The Bertz CT molecular complexity index is 1310. The number of halogens is 3. The number of H-pyrrole nitrogens is 1. The summed E-state index contributed by atoms with van der Waals surface area (Å²) in [5, 5.41) is 4.27. The second-order valence-electron chi connectivity index (χ2n) is 6.58. The molecule has 4 rings (SSSR count). The van der Waals surface area contributed by atoms with Gasteiger partial charge in [-0.15, -0.1) is 11.3 Å². The van der Waals surface area contributed by atoms with Gasteiger partial charge in [0.25, 0.3) is 5.91 Å². The molecule has 2 heterocycles. The smallest absolute Gasteiger partial charge is 0.416 e. The number of benzene rings is 2. The van der Waals surface area contributed by atoms with Gasteiger partial charge in [0.05, 0.1) is 23.3 Å². The minimum Gasteiger partial charge on any atom is -0.461 e. The maximum Gasteiger partial charge on any atom is 0.416 e. The van der Waals surface area contributed by atoms with Crippen LogP contribution in [0.25, 0.3) is 22.4 Å². The van der Waals surface area contributed by atoms with Crippen molar-refractivity contribution in [1.29, 1.82) is 0 Å². The van der Waals surface area contributed by atoms with Gasteiger partial charge in [-0.2, -0.15) is 13.2 Å². The van der Waals surface area contributed by atoms with Gasteiger partial charge in [0, 0.05) is 10.9 Å². The summed E-state index contributed by atoms with van der Waals surface area (Å²) >= 11 is 1.06. The lowest BCUT2D eigenvalue weighted by Crippen LogP contribution is -2.13. The number of rotatable bonds is 5. The number of ether oxygens (including phenoxy) is 1. The van der Waals surface area contributed by atoms with Crippen molar-refractivity contribution >= 4 is 39.4 Å². The summed E-state index contributed by atoms with van der Waals surface area (Å²) in [6, 6.07) is 9.58. The zero-order valence-electron chi connectivity index (χ0n) is 16.5. The second kappa shape index (κ2) is 8.42. The predicted octanol–water partition coefficient (Wildman–Crippen LogP) is 5.13. The number of carbonyl (C=O) groups is 2. The van der Waals surface area contributed by atoms with E-state index in [0.717, 1.165) is 23.5 Å². The molecule has 2 aromatic heterocycles. The van der Waals surface area contributed by atoms with Gasteiger partial charge in [-0.3, -0.25) is 10.1 Å². The van der Waals surface area contributed by atoms with Crippen LogP contribution in [-0.4, -0.2) is 33.4 Å². The lowest BCUT2D eigenvalue weighted by Gasteiger charge is -2.07. The van der Waals surface area contributed by atoms with Crippen molar-refractivity contribution in [1.82, 2.24) is 15.0 Å². The van der Waals surface area contributed by atoms with Crippen LogP contribution in [0.5, 0.6) is 0 Å². The van der Waals surface area contributed by atoms with Gasteiger partial charge in [-0.25, -0.2) is 14.8 Å². The van der Waals surface area contributed by atoms with Gasteiger partial charge < -0.3 is 9.72 Å². The molecule has 2 N–H and O–H groups in total. The number of nitrogens with one attached hydrogen (secondary N) is 2. The highest BCUT2D eigenvalue weighted by Crippen LogP contribution is 2.32. The number of esters is 1. The first-order valence-electron chi connectivity index (χ1n) is 9.36. The summed E-state index contributed by atoms with van der Waals surface area (Å²) in [6.45, 7) is 1.87. The SMILES string of the molecule is CCOC(=O)c1csc(NC(=O)c2cccc3[nH]c(-c4cccc(C(F)(F)F)c4)nc23)n1. The van der Waals surface area contributed by atoms with Crippen LogP contribution in [0.1, 0.15) is 33.3 Å². The molecule has 0 spiro atoms. The van der Waals surface area contributed by atoms with E-state index in [1.807, 2.05) is 0 Å². The van der Waals surface area contributed by atoms with Gasteiger partial charge in [0.1, 0.15) is 11.3 Å². The molecule has 0 aliphatic rings. The molecule has 0 fully saturated rings. The molecule has 0 bridgehead atoms. The van der Waals surface area contributed by atoms with E-state index in [0.29, 0.717) is 11.0 Å². The Morgan fingerprint density at radius 2 is 1.94 bits per heavy atom. The Kier molecular flexibility index (Phi) is 5.66. The number of nitrogens with zero attached hydrogens (tertiary/aromatic N) is 2. The second-order valence-corrected chi connectivity index (χ2v) is 7.44. The van der Waals surface area contributed by atoms with E-state index in [9.17, 15) is 22.8 Å². The lowest BCUT2D eigenvalue weighted by molar-refractivity contribution is -0.137. The number of para-hydroxylation sites is 1. The third-order valence-electron chi connectivity index (χ3n) is 4.43. The number of carbonyl (C=O) groups excluding carboxylic acids is 2. The minimum absolute atomic E-state index is 0.0805. The number of thiazole rings is 1. The van der Waals surface area contributed by atoms with Crippen LogP contribution in [0.15, 0.2) is 47.8 Å². The van der Waals surface area contributed by atoms with Crippen LogP contribution in [0.2, 0.25) is 0 Å². The molecule has 1 amide bonds. The number of hydrogen-bond acceptors (Lipinski definition) is 6. The molecule has 7 nitrogen and oxygen atoms in total. The number of fused-ring (bicyclic) bond motifs is 1. The first kappa shape index (κ1) is 21.5. The molecule has 2 aromatic carbocycles. The third-order valence-corrected chi connectivity index (χ3v) is 5.19. The molecular formula is C21H15F3N4O3S. The van der Waals surface area contributed by atoms with Crippen LogP contribution < -0.4 is 5.32 Å². The van der Waals surface area contributed by atoms with Crippen LogP contribution in [0, 0.1) is 0 Å². The average molecular weight is 460 g/mol. The number of alkyl halides is 3. The van der Waals surface area contributed by atoms with Gasteiger partial charge in [0.2, 0.25) is 0 Å². The zero-order valence-corrected chi connectivity index (χ0v) is 17.3. The molecule has 32 heavy (non-hydrogen) atoms. The molecule has 0 aliphatic heterocycles. The normalized spacial score (nSPS) is 11.5. The van der Waals surface area contributed by atoms with E-state index < -0.39 is 23.6 Å². The van der Waals surface area contributed by atoms with E-state index >= 15 is 0 Å². The van der Waals surface area contributed by atoms with Crippen LogP contribution >= 0.6 is 11.3 Å². The van der Waals surface area contributed by atoms with Gasteiger partial charge in [-0.1, -0.05) is 18.2 Å². The summed E-state index contributed by atoms with van der Waals surface area (Å²) < 4.78 is 44.0. The fourth-order valence-corrected chi connectivity index (χ4v) is 3.66. The van der Waals surface area contributed by atoms with E-state index in [4.69, 9.17) is 4.74 Å². The van der Waals surface area contributed by atoms with Crippen LogP contribution in [0.4, 0.5) is 18.3 Å². The van der Waals surface area contributed by atoms with Gasteiger partial charge >= 0.3 is 12.1 Å². The van der Waals surface area contributed by atoms with Gasteiger partial charge in [0.15, 0.2) is 10.8 Å². The van der Waals surface area contributed by atoms with Crippen molar-refractivity contribution in [3.05, 3.63) is 64.7 Å². The highest BCUT2D eigenvalue weighted by atomic mass is 32.1. The molecular weight excluding hydrogens is 445 g/mol. The Labute approximate surface area is 183 Å². The zero-order chi connectivity index (χ0) is 22.9. The van der Waals surface area contributed by atoms with Crippen LogP contribution in [-0.2, 0) is 10.9 Å². The number of anilines is 1. The highest BCUT2D eigenvalue weighted by Gasteiger charge is 2.30. The Hall–Kier alpha value is -3.73. The Morgan fingerprint density at radius 3 is 2.69 bits per heavy atom. The summed E-state index contributed by atoms with van der Waals surface area (Å²) in [6.07, 6.45) is -4.48. The highest BCUT2D eigenvalue weighted by molar-refractivity contribution is 7.14. The Morgan fingerprint density at radius 1 is 1.16 bits per heavy atom. The number of imidazole rings is 1. The molecule has 0 aliphatic carbocycles. The topological polar surface area (TPSA) is 97.0 Å². The van der Waals surface area contributed by atoms with Crippen molar-refractivity contribution in [3.8, 4) is 11.4 Å². The average Bonchev–Trinajstić information content (AvgIpc) is 3.40. The summed E-state index contributed by atoms with van der Waals surface area (Å²) in [5.41, 5.74) is 0.494. The number of hydrogen-bond donors (Lipinski definition) is 2. The largest absolute Gasteiger partial charge is 0.461 e. The van der Waals surface area contributed by atoms with Crippen molar-refractivity contribution in [2.24, 2.45) is 0 Å². The van der Waals surface area contributed by atoms with Crippen molar-refractivity contribution in [2.75, 3.05) is 11.9 Å². The van der Waals surface area contributed by atoms with Crippen molar-refractivity contribution < 1.29 is 27.5 Å². The fraction of sp³-hybridized carbons (Fsp3) is 0.143. The number of aromatic nitrogens is 3. The minimum atomic E-state index is -4.48. The fourth-order valence-electron chi connectivity index (χ4n) is 2.99. The molecule has 164 valence electrons. The summed E-state index contributed by atoms with van der Waals surface area (Å²) in [7, 11) is 0. The Balaban J connectivity index is 1.63. The van der Waals surface area contributed by atoms with Crippen LogP contribution in [0.3, 0.4) is 0 Å². The van der Waals surface area contributed by atoms with E-state index in [-0.39, 0.29) is 34.4 Å². The standard InChI is InChI=1S/C21H15F3N4O3S/c1-2-31-19(30)15-10-32-20(26-15)28-18(29)13-7-4-8-14-16(13)27-17(25-14)11-5-3-6-12(9-11)21(22,23)24/h3-10H,2H2,1H3,(H,25,27)(H,26,28,29). The molecule has 4 aromatic rings. The number of aromatic amines is 1. The third kappa shape index (κ3) is 4.33. The van der Waals surface area contributed by atoms with E-state index in [1.165, 1.54) is 23.6 Å². The van der Waals surface area contributed by atoms with Gasteiger partial charge in [-0.05, 0) is 31.2 Å². The molecule has 11 heteroatoms. The van der Waals surface area contributed by atoms with E-state index in [2.05, 4.69) is 20.3 Å². The lowest BCUT2D eigenvalue weighted by atomic mass is 10.1. The van der Waals surface area contributed by atoms with E-state index in [1.54, 1.807) is 19.1 Å². The molecule has 0 unspecified atom stereocenters. The first-order chi connectivity index (χ1) is 15.3. The molecule has 0 saturated heterocycles. The number of amides is 1. The maximum atomic E-state index is 13.0. The summed E-state index contributed by atoms with van der Waals surface area (Å²) in [5.74, 6) is -0.919. The molecule has 0 atom stereocenters.